The number of carbonyl (C=O) groups excluding carboxylic acids is 1. The van der Waals surface area contributed by atoms with Crippen molar-refractivity contribution >= 4 is 38.4 Å². The maximum Gasteiger partial charge on any atom is 0.335 e. The lowest BCUT2D eigenvalue weighted by atomic mass is 10.1. The van der Waals surface area contributed by atoms with E-state index >= 15 is 0 Å². The minimum Gasteiger partial charge on any atom is -0.478 e. The SMILES string of the molecule is O=C(O)c1ccc(Oc2cnc(NC(=O)C(Oc3ccc(F)cc3F)c3ccc(S(=O)(=O)N4CCOCC4)cc3)s2)cc1. The number of benzene rings is 3. The maximum absolute atomic E-state index is 14.5. The standard InChI is InChI=1S/C28H23F2N3O8S2/c29-19-5-10-23(22(30)15-19)41-25(17-3-8-21(9-4-17)43(37,38)33-11-13-39-14-12-33)26(34)32-28-31-16-24(42-28)40-20-6-1-18(2-7-20)27(35)36/h1-10,15-16,25H,11-14H2,(H,35,36)(H,31,32,34). The second kappa shape index (κ2) is 12.8. The lowest BCUT2D eigenvalue weighted by Gasteiger charge is -2.26. The van der Waals surface area contributed by atoms with E-state index < -0.39 is 45.4 Å². The number of aromatic nitrogens is 1. The van der Waals surface area contributed by atoms with Gasteiger partial charge >= 0.3 is 5.97 Å². The Morgan fingerprint density at radius 2 is 1.72 bits per heavy atom. The molecule has 0 radical (unpaired) electrons. The summed E-state index contributed by atoms with van der Waals surface area (Å²) >= 11 is 0.956. The van der Waals surface area contributed by atoms with Crippen molar-refractivity contribution in [2.24, 2.45) is 0 Å². The summed E-state index contributed by atoms with van der Waals surface area (Å²) in [5.74, 6) is -3.80. The van der Waals surface area contributed by atoms with E-state index in [0.29, 0.717) is 11.8 Å². The predicted molar refractivity (Wildman–Crippen MR) is 150 cm³/mol. The van der Waals surface area contributed by atoms with Crippen molar-refractivity contribution in [2.45, 2.75) is 11.0 Å². The first kappa shape index (κ1) is 30.0. The Morgan fingerprint density at radius 3 is 2.37 bits per heavy atom. The number of hydrogen-bond donors (Lipinski definition) is 2. The highest BCUT2D eigenvalue weighted by Crippen LogP contribution is 2.32. The van der Waals surface area contributed by atoms with Crippen LogP contribution in [0.25, 0.3) is 0 Å². The van der Waals surface area contributed by atoms with E-state index in [2.05, 4.69) is 10.3 Å². The zero-order chi connectivity index (χ0) is 30.6. The summed E-state index contributed by atoms with van der Waals surface area (Å²) in [5.41, 5.74) is 0.272. The van der Waals surface area contributed by atoms with Gasteiger partial charge in [-0.1, -0.05) is 23.5 Å². The van der Waals surface area contributed by atoms with Gasteiger partial charge in [-0.3, -0.25) is 10.1 Å². The van der Waals surface area contributed by atoms with Gasteiger partial charge in [-0.05, 0) is 48.5 Å². The summed E-state index contributed by atoms with van der Waals surface area (Å²) in [5, 5.41) is 12.0. The molecule has 2 heterocycles. The molecule has 1 fully saturated rings. The molecule has 4 aromatic rings. The van der Waals surface area contributed by atoms with E-state index in [4.69, 9.17) is 19.3 Å². The molecule has 0 bridgehead atoms. The fourth-order valence-corrected chi connectivity index (χ4v) is 6.14. The minimum absolute atomic E-state index is 0.0108. The zero-order valence-electron chi connectivity index (χ0n) is 22.1. The fourth-order valence-electron chi connectivity index (χ4n) is 4.04. The van der Waals surface area contributed by atoms with Crippen molar-refractivity contribution in [2.75, 3.05) is 31.6 Å². The van der Waals surface area contributed by atoms with E-state index in [-0.39, 0.29) is 52.5 Å². The van der Waals surface area contributed by atoms with Crippen molar-refractivity contribution in [3.05, 3.63) is 95.7 Å². The van der Waals surface area contributed by atoms with Gasteiger partial charge in [0, 0.05) is 24.7 Å². The van der Waals surface area contributed by atoms with Crippen LogP contribution in [0, 0.1) is 11.6 Å². The Hall–Kier alpha value is -4.44. The number of nitrogens with zero attached hydrogens (tertiary/aromatic N) is 2. The first-order valence-electron chi connectivity index (χ1n) is 12.7. The number of sulfonamides is 1. The van der Waals surface area contributed by atoms with Crippen LogP contribution in [0.15, 0.2) is 77.8 Å². The highest BCUT2D eigenvalue weighted by Gasteiger charge is 2.29. The number of anilines is 1. The van der Waals surface area contributed by atoms with Crippen LogP contribution in [0.2, 0.25) is 0 Å². The van der Waals surface area contributed by atoms with Crippen LogP contribution in [-0.4, -0.2) is 61.0 Å². The number of carboxylic acid groups (broad SMARTS) is 1. The molecule has 11 nitrogen and oxygen atoms in total. The molecule has 43 heavy (non-hydrogen) atoms. The van der Waals surface area contributed by atoms with Gasteiger partial charge in [-0.25, -0.2) is 27.0 Å². The van der Waals surface area contributed by atoms with Gasteiger partial charge in [0.05, 0.1) is 29.9 Å². The third kappa shape index (κ3) is 7.14. The number of aromatic carboxylic acids is 1. The molecular weight excluding hydrogens is 608 g/mol. The van der Waals surface area contributed by atoms with Crippen LogP contribution in [-0.2, 0) is 19.6 Å². The lowest BCUT2D eigenvalue weighted by Crippen LogP contribution is -2.40. The molecule has 1 saturated heterocycles. The molecule has 1 aliphatic rings. The zero-order valence-corrected chi connectivity index (χ0v) is 23.7. The van der Waals surface area contributed by atoms with Crippen molar-refractivity contribution in [3.8, 4) is 16.6 Å². The highest BCUT2D eigenvalue weighted by molar-refractivity contribution is 7.89. The van der Waals surface area contributed by atoms with Gasteiger partial charge in [0.1, 0.15) is 11.6 Å². The molecule has 3 aromatic carbocycles. The quantitative estimate of drug-likeness (QED) is 0.255. The summed E-state index contributed by atoms with van der Waals surface area (Å²) in [7, 11) is -3.81. The molecule has 1 atom stereocenters. The van der Waals surface area contributed by atoms with Gasteiger partial charge in [0.25, 0.3) is 5.91 Å². The van der Waals surface area contributed by atoms with Crippen LogP contribution in [0.5, 0.6) is 16.6 Å². The number of nitrogens with one attached hydrogen (secondary N) is 1. The molecule has 1 unspecified atom stereocenters. The van der Waals surface area contributed by atoms with E-state index in [1.807, 2.05) is 0 Å². The Kier molecular flexibility index (Phi) is 8.96. The Bertz CT molecular complexity index is 1730. The van der Waals surface area contributed by atoms with E-state index in [9.17, 15) is 26.8 Å². The third-order valence-electron chi connectivity index (χ3n) is 6.20. The van der Waals surface area contributed by atoms with Gasteiger partial charge in [-0.2, -0.15) is 4.31 Å². The third-order valence-corrected chi connectivity index (χ3v) is 8.91. The highest BCUT2D eigenvalue weighted by atomic mass is 32.2. The van der Waals surface area contributed by atoms with Crippen LogP contribution in [0.1, 0.15) is 22.0 Å². The van der Waals surface area contributed by atoms with Gasteiger partial charge in [0.2, 0.25) is 21.2 Å². The van der Waals surface area contributed by atoms with Gasteiger partial charge < -0.3 is 19.3 Å². The molecule has 15 heteroatoms. The molecule has 1 aromatic heterocycles. The second-order valence-corrected chi connectivity index (χ2v) is 12.0. The molecule has 5 rings (SSSR count). The first-order chi connectivity index (χ1) is 20.6. The van der Waals surface area contributed by atoms with Crippen LogP contribution in [0.4, 0.5) is 13.9 Å². The molecular formula is C28H23F2N3O8S2. The van der Waals surface area contributed by atoms with Crippen LogP contribution in [0.3, 0.4) is 0 Å². The van der Waals surface area contributed by atoms with E-state index in [0.717, 1.165) is 23.5 Å². The molecule has 0 spiro atoms. The van der Waals surface area contributed by atoms with E-state index in [1.54, 1.807) is 0 Å². The number of thiazole rings is 1. The molecule has 0 aliphatic carbocycles. The second-order valence-electron chi connectivity index (χ2n) is 9.06. The number of hydrogen-bond acceptors (Lipinski definition) is 9. The van der Waals surface area contributed by atoms with Crippen molar-refractivity contribution in [3.63, 3.8) is 0 Å². The Morgan fingerprint density at radius 1 is 1.02 bits per heavy atom. The van der Waals surface area contributed by atoms with Crippen LogP contribution >= 0.6 is 11.3 Å². The predicted octanol–water partition coefficient (Wildman–Crippen LogP) is 4.69. The summed E-state index contributed by atoms with van der Waals surface area (Å²) < 4.78 is 71.8. The number of morpholine rings is 1. The fraction of sp³-hybridized carbons (Fsp3) is 0.179. The molecule has 1 amide bonds. The first-order valence-corrected chi connectivity index (χ1v) is 14.9. The summed E-state index contributed by atoms with van der Waals surface area (Å²) in [6, 6.07) is 13.7. The average Bonchev–Trinajstić information content (AvgIpc) is 3.43. The number of rotatable bonds is 10. The minimum atomic E-state index is -3.81. The lowest BCUT2D eigenvalue weighted by molar-refractivity contribution is -0.123. The Labute approximate surface area is 248 Å². The van der Waals surface area contributed by atoms with Gasteiger partial charge in [-0.15, -0.1) is 0 Å². The maximum atomic E-state index is 14.5. The Balaban J connectivity index is 1.36. The number of amides is 1. The largest absolute Gasteiger partial charge is 0.478 e. The number of ether oxygens (including phenoxy) is 3. The topological polar surface area (TPSA) is 144 Å². The number of carboxylic acids is 1. The molecule has 0 saturated carbocycles. The van der Waals surface area contributed by atoms with Crippen LogP contribution < -0.4 is 14.8 Å². The number of halogens is 2. The van der Waals surface area contributed by atoms with Gasteiger partial charge in [0.15, 0.2) is 16.7 Å². The molecule has 2 N–H and O–H groups in total. The van der Waals surface area contributed by atoms with Crippen molar-refractivity contribution in [1.29, 1.82) is 0 Å². The number of carbonyl (C=O) groups is 2. The van der Waals surface area contributed by atoms with E-state index in [1.165, 1.54) is 59.0 Å². The summed E-state index contributed by atoms with van der Waals surface area (Å²) in [4.78, 5) is 28.5. The van der Waals surface area contributed by atoms with Crippen molar-refractivity contribution < 1.29 is 46.1 Å². The molecule has 1 aliphatic heterocycles. The van der Waals surface area contributed by atoms with Crippen molar-refractivity contribution in [1.82, 2.24) is 9.29 Å². The molecule has 224 valence electrons. The normalized spacial score (nSPS) is 14.6. The summed E-state index contributed by atoms with van der Waals surface area (Å²) in [6.07, 6.45) is -0.149. The smallest absolute Gasteiger partial charge is 0.335 e. The monoisotopic (exact) mass is 631 g/mol. The average molecular weight is 632 g/mol. The summed E-state index contributed by atoms with van der Waals surface area (Å²) in [6.45, 7) is 0.957.